The van der Waals surface area contributed by atoms with Gasteiger partial charge in [-0.25, -0.2) is 9.18 Å². The summed E-state index contributed by atoms with van der Waals surface area (Å²) in [5.74, 6) is -2.38. The molecule has 0 fully saturated rings. The molecular formula is C10H5F4NO2. The molecule has 0 saturated heterocycles. The molecule has 1 aromatic heterocycles. The topological polar surface area (TPSA) is 53.1 Å². The molecule has 0 aliphatic heterocycles. The smallest absolute Gasteiger partial charge is 0.417 e. The molecular weight excluding hydrogens is 242 g/mol. The van der Waals surface area contributed by atoms with Crippen molar-refractivity contribution in [3.8, 4) is 0 Å². The first-order valence-electron chi connectivity index (χ1n) is 4.42. The summed E-state index contributed by atoms with van der Waals surface area (Å²) in [6.07, 6.45) is -4.66. The lowest BCUT2D eigenvalue weighted by atomic mass is 10.1. The molecule has 7 heteroatoms. The SMILES string of the molecule is O=C(O)c1cc2c(C(F)(F)F)ccc(F)c2[nH]1. The highest BCUT2D eigenvalue weighted by Crippen LogP contribution is 2.35. The van der Waals surface area contributed by atoms with Gasteiger partial charge in [-0.3, -0.25) is 0 Å². The number of H-pyrrole nitrogens is 1. The number of carboxylic acid groups (broad SMARTS) is 1. The molecule has 0 atom stereocenters. The van der Waals surface area contributed by atoms with Crippen LogP contribution >= 0.6 is 0 Å². The molecule has 0 radical (unpaired) electrons. The maximum Gasteiger partial charge on any atom is 0.417 e. The summed E-state index contributed by atoms with van der Waals surface area (Å²) >= 11 is 0. The van der Waals surface area contributed by atoms with Crippen LogP contribution in [0.2, 0.25) is 0 Å². The monoisotopic (exact) mass is 247 g/mol. The van der Waals surface area contributed by atoms with Crippen molar-refractivity contribution in [2.75, 3.05) is 0 Å². The Morgan fingerprint density at radius 3 is 2.47 bits per heavy atom. The Bertz CT molecular complexity index is 600. The first kappa shape index (κ1) is 11.4. The summed E-state index contributed by atoms with van der Waals surface area (Å²) in [7, 11) is 0. The highest BCUT2D eigenvalue weighted by atomic mass is 19.4. The van der Waals surface area contributed by atoms with Gasteiger partial charge in [0.05, 0.1) is 11.1 Å². The second-order valence-corrected chi connectivity index (χ2v) is 3.37. The molecule has 0 bridgehead atoms. The van der Waals surface area contributed by atoms with Crippen LogP contribution in [0.3, 0.4) is 0 Å². The minimum atomic E-state index is -4.66. The highest BCUT2D eigenvalue weighted by Gasteiger charge is 2.33. The van der Waals surface area contributed by atoms with Gasteiger partial charge in [-0.05, 0) is 18.2 Å². The van der Waals surface area contributed by atoms with E-state index in [4.69, 9.17) is 5.11 Å². The van der Waals surface area contributed by atoms with Gasteiger partial charge in [0.1, 0.15) is 11.5 Å². The van der Waals surface area contributed by atoms with Gasteiger partial charge in [-0.15, -0.1) is 0 Å². The van der Waals surface area contributed by atoms with Crippen LogP contribution in [0, 0.1) is 5.82 Å². The molecule has 3 nitrogen and oxygen atoms in total. The van der Waals surface area contributed by atoms with E-state index in [2.05, 4.69) is 4.98 Å². The predicted octanol–water partition coefficient (Wildman–Crippen LogP) is 3.02. The molecule has 2 rings (SSSR count). The normalized spacial score (nSPS) is 12.0. The standard InChI is InChI=1S/C10H5F4NO2/c11-6-2-1-5(10(12,13)14)4-3-7(9(16)17)15-8(4)6/h1-3,15H,(H,16,17). The summed E-state index contributed by atoms with van der Waals surface area (Å²) in [6, 6.07) is 1.99. The lowest BCUT2D eigenvalue weighted by molar-refractivity contribution is -0.136. The lowest BCUT2D eigenvalue weighted by Crippen LogP contribution is -2.05. The van der Waals surface area contributed by atoms with Gasteiger partial charge < -0.3 is 10.1 Å². The predicted molar refractivity (Wildman–Crippen MR) is 50.2 cm³/mol. The second-order valence-electron chi connectivity index (χ2n) is 3.37. The number of aromatic carboxylic acids is 1. The maximum absolute atomic E-state index is 13.2. The first-order chi connectivity index (χ1) is 7.80. The summed E-state index contributed by atoms with van der Waals surface area (Å²) in [4.78, 5) is 12.7. The van der Waals surface area contributed by atoms with E-state index in [9.17, 15) is 22.4 Å². The fourth-order valence-electron chi connectivity index (χ4n) is 1.55. The Morgan fingerprint density at radius 1 is 1.29 bits per heavy atom. The van der Waals surface area contributed by atoms with Crippen LogP contribution in [-0.2, 0) is 6.18 Å². The fraction of sp³-hybridized carbons (Fsp3) is 0.100. The van der Waals surface area contributed by atoms with Gasteiger partial charge in [-0.1, -0.05) is 0 Å². The number of hydrogen-bond acceptors (Lipinski definition) is 1. The highest BCUT2D eigenvalue weighted by molar-refractivity contribution is 5.95. The van der Waals surface area contributed by atoms with Crippen molar-refractivity contribution >= 4 is 16.9 Å². The third-order valence-electron chi connectivity index (χ3n) is 2.28. The minimum Gasteiger partial charge on any atom is -0.477 e. The van der Waals surface area contributed by atoms with Crippen molar-refractivity contribution < 1.29 is 27.5 Å². The molecule has 2 aromatic rings. The zero-order chi connectivity index (χ0) is 12.8. The number of carboxylic acids is 1. The number of aromatic amines is 1. The number of benzene rings is 1. The third-order valence-corrected chi connectivity index (χ3v) is 2.28. The van der Waals surface area contributed by atoms with E-state index < -0.39 is 40.1 Å². The van der Waals surface area contributed by atoms with Crippen molar-refractivity contribution in [2.24, 2.45) is 0 Å². The minimum absolute atomic E-state index is 0.461. The van der Waals surface area contributed by atoms with Crippen LogP contribution in [0.25, 0.3) is 10.9 Å². The molecule has 0 aliphatic rings. The largest absolute Gasteiger partial charge is 0.477 e. The average Bonchev–Trinajstić information content (AvgIpc) is 2.61. The zero-order valence-electron chi connectivity index (χ0n) is 8.10. The zero-order valence-corrected chi connectivity index (χ0v) is 8.10. The van der Waals surface area contributed by atoms with E-state index in [1.54, 1.807) is 0 Å². The summed E-state index contributed by atoms with van der Waals surface area (Å²) in [6.45, 7) is 0. The number of aromatic nitrogens is 1. The lowest BCUT2D eigenvalue weighted by Gasteiger charge is -2.07. The van der Waals surface area contributed by atoms with Crippen LogP contribution in [0.5, 0.6) is 0 Å². The third kappa shape index (κ3) is 1.83. The maximum atomic E-state index is 13.2. The van der Waals surface area contributed by atoms with Gasteiger partial charge >= 0.3 is 12.1 Å². The number of rotatable bonds is 1. The van der Waals surface area contributed by atoms with Gasteiger partial charge in [0.25, 0.3) is 0 Å². The van der Waals surface area contributed by atoms with Crippen LogP contribution in [0.1, 0.15) is 16.1 Å². The van der Waals surface area contributed by atoms with Crippen molar-refractivity contribution in [2.45, 2.75) is 6.18 Å². The van der Waals surface area contributed by atoms with E-state index in [1.165, 1.54) is 0 Å². The molecule has 2 N–H and O–H groups in total. The number of carbonyl (C=O) groups is 1. The molecule has 1 aromatic carbocycles. The van der Waals surface area contributed by atoms with E-state index in [0.717, 1.165) is 6.07 Å². The molecule has 0 amide bonds. The Labute approximate surface area is 91.7 Å². The van der Waals surface area contributed by atoms with Crippen LogP contribution < -0.4 is 0 Å². The van der Waals surface area contributed by atoms with Crippen molar-refractivity contribution in [3.05, 3.63) is 35.3 Å². The van der Waals surface area contributed by atoms with E-state index in [1.807, 2.05) is 0 Å². The van der Waals surface area contributed by atoms with Crippen LogP contribution in [-0.4, -0.2) is 16.1 Å². The number of nitrogens with one attached hydrogen (secondary N) is 1. The molecule has 90 valence electrons. The van der Waals surface area contributed by atoms with Gasteiger partial charge in [0.2, 0.25) is 0 Å². The summed E-state index contributed by atoms with van der Waals surface area (Å²) in [5.41, 5.74) is -2.02. The Hall–Kier alpha value is -2.05. The molecule has 1 heterocycles. The van der Waals surface area contributed by atoms with Gasteiger partial charge in [0, 0.05) is 5.39 Å². The molecule has 17 heavy (non-hydrogen) atoms. The second kappa shape index (κ2) is 3.47. The average molecular weight is 247 g/mol. The molecule has 0 saturated carbocycles. The summed E-state index contributed by atoms with van der Waals surface area (Å²) in [5, 5.41) is 8.14. The van der Waals surface area contributed by atoms with E-state index >= 15 is 0 Å². The van der Waals surface area contributed by atoms with E-state index in [-0.39, 0.29) is 0 Å². The van der Waals surface area contributed by atoms with Gasteiger partial charge in [-0.2, -0.15) is 13.2 Å². The van der Waals surface area contributed by atoms with Crippen LogP contribution in [0.15, 0.2) is 18.2 Å². The number of halogens is 4. The first-order valence-corrected chi connectivity index (χ1v) is 4.42. The fourth-order valence-corrected chi connectivity index (χ4v) is 1.55. The quantitative estimate of drug-likeness (QED) is 0.761. The number of fused-ring (bicyclic) bond motifs is 1. The molecule has 0 unspecified atom stereocenters. The summed E-state index contributed by atoms with van der Waals surface area (Å²) < 4.78 is 51.0. The number of hydrogen-bond donors (Lipinski definition) is 2. The van der Waals surface area contributed by atoms with Crippen LogP contribution in [0.4, 0.5) is 17.6 Å². The Balaban J connectivity index is 2.81. The van der Waals surface area contributed by atoms with Crippen molar-refractivity contribution in [3.63, 3.8) is 0 Å². The number of alkyl halides is 3. The molecule has 0 spiro atoms. The van der Waals surface area contributed by atoms with Crippen molar-refractivity contribution in [1.82, 2.24) is 4.98 Å². The Kier molecular flexibility index (Phi) is 2.34. The van der Waals surface area contributed by atoms with Crippen molar-refractivity contribution in [1.29, 1.82) is 0 Å². The molecule has 0 aliphatic carbocycles. The van der Waals surface area contributed by atoms with E-state index in [0.29, 0.717) is 12.1 Å². The Morgan fingerprint density at radius 2 is 1.94 bits per heavy atom. The van der Waals surface area contributed by atoms with Gasteiger partial charge in [0.15, 0.2) is 0 Å².